The van der Waals surface area contributed by atoms with Gasteiger partial charge >= 0.3 is 5.97 Å². The van der Waals surface area contributed by atoms with Crippen LogP contribution in [0, 0.1) is 50.2 Å². The van der Waals surface area contributed by atoms with E-state index >= 15 is 0 Å². The normalized spacial score (nSPS) is 54.6. The van der Waals surface area contributed by atoms with Gasteiger partial charge in [-0.15, -0.1) is 0 Å². The molecule has 0 aromatic rings. The van der Waals surface area contributed by atoms with E-state index in [9.17, 15) is 55.5 Å². The number of aliphatic hydroxyl groups excluding tert-OH is 8. The third-order valence-corrected chi connectivity index (χ3v) is 17.3. The van der Waals surface area contributed by atoms with E-state index < -0.39 is 97.0 Å². The number of fused-ring (bicyclic) bond motifs is 7. The Balaban J connectivity index is 1.18. The van der Waals surface area contributed by atoms with Crippen molar-refractivity contribution >= 4 is 12.3 Å². The second-order valence-electron chi connectivity index (χ2n) is 20.5. The minimum absolute atomic E-state index is 0.0419. The van der Waals surface area contributed by atoms with E-state index in [0.29, 0.717) is 25.7 Å². The van der Waals surface area contributed by atoms with Crippen molar-refractivity contribution in [2.75, 3.05) is 13.2 Å². The molecule has 2 heterocycles. The molecule has 2 saturated heterocycles. The number of hydrogen-bond acceptors (Lipinski definition) is 14. The van der Waals surface area contributed by atoms with Gasteiger partial charge in [-0.3, -0.25) is 0 Å². The van der Waals surface area contributed by atoms with Crippen molar-refractivity contribution < 1.29 is 74.5 Å². The van der Waals surface area contributed by atoms with Crippen LogP contribution in [0.4, 0.5) is 0 Å². The Morgan fingerprint density at radius 3 is 2.14 bits per heavy atom. The van der Waals surface area contributed by atoms with Crippen LogP contribution in [0.2, 0.25) is 0 Å². The third kappa shape index (κ3) is 6.35. The van der Waals surface area contributed by atoms with E-state index in [1.165, 1.54) is 5.57 Å². The number of carbonyl (C=O) groups excluding carboxylic acids is 1. The van der Waals surface area contributed by atoms with Gasteiger partial charge in [-0.1, -0.05) is 53.2 Å². The summed E-state index contributed by atoms with van der Waals surface area (Å²) in [5.74, 6) is -1.47. The molecule has 0 radical (unpaired) electrons. The molecule has 57 heavy (non-hydrogen) atoms. The fourth-order valence-electron chi connectivity index (χ4n) is 13.7. The topological polar surface area (TPSA) is 253 Å². The van der Waals surface area contributed by atoms with E-state index in [1.54, 1.807) is 0 Å². The molecule has 7 rings (SSSR count). The van der Waals surface area contributed by atoms with E-state index in [2.05, 4.69) is 40.7 Å². The van der Waals surface area contributed by atoms with E-state index in [4.69, 9.17) is 18.9 Å². The summed E-state index contributed by atoms with van der Waals surface area (Å²) in [5, 5.41) is 95.9. The maximum Gasteiger partial charge on any atom is 0.335 e. The maximum atomic E-state index is 12.9. The number of aliphatic carboxylic acids is 1. The maximum absolute atomic E-state index is 12.9. The molecule has 0 unspecified atom stereocenters. The smallest absolute Gasteiger partial charge is 0.335 e. The molecule has 4 saturated carbocycles. The van der Waals surface area contributed by atoms with Crippen molar-refractivity contribution in [1.29, 1.82) is 0 Å². The first-order chi connectivity index (χ1) is 26.6. The number of carboxylic acids is 1. The molecular weight excluding hydrogens is 744 g/mol. The molecule has 2 aliphatic heterocycles. The third-order valence-electron chi connectivity index (χ3n) is 17.3. The second kappa shape index (κ2) is 14.8. The van der Waals surface area contributed by atoms with Crippen LogP contribution in [0.1, 0.15) is 99.3 Å². The average molecular weight is 811 g/mol. The van der Waals surface area contributed by atoms with E-state index in [1.807, 2.05) is 6.92 Å². The average Bonchev–Trinajstić information content (AvgIpc) is 3.15. The molecule has 6 fully saturated rings. The van der Waals surface area contributed by atoms with Crippen LogP contribution in [0.3, 0.4) is 0 Å². The molecule has 0 aromatic heterocycles. The van der Waals surface area contributed by atoms with Gasteiger partial charge in [0.1, 0.15) is 49.0 Å². The minimum atomic E-state index is -1.99. The zero-order valence-electron chi connectivity index (χ0n) is 34.1. The summed E-state index contributed by atoms with van der Waals surface area (Å²) < 4.78 is 23.8. The van der Waals surface area contributed by atoms with Gasteiger partial charge in [0.15, 0.2) is 18.7 Å². The van der Waals surface area contributed by atoms with Crippen molar-refractivity contribution in [2.24, 2.45) is 50.2 Å². The zero-order valence-corrected chi connectivity index (χ0v) is 34.1. The second-order valence-corrected chi connectivity index (χ2v) is 20.5. The molecule has 0 spiro atoms. The lowest BCUT2D eigenvalue weighted by Crippen LogP contribution is -2.68. The van der Waals surface area contributed by atoms with Crippen LogP contribution in [0.15, 0.2) is 11.6 Å². The molecule has 0 aromatic carbocycles. The first kappa shape index (κ1) is 43.5. The molecule has 20 atom stereocenters. The van der Waals surface area contributed by atoms with Crippen LogP contribution in [0.5, 0.6) is 0 Å². The van der Waals surface area contributed by atoms with Crippen LogP contribution >= 0.6 is 0 Å². The predicted octanol–water partition coefficient (Wildman–Crippen LogP) is 1.03. The molecule has 5 aliphatic carbocycles. The summed E-state index contributed by atoms with van der Waals surface area (Å²) in [6.07, 6.45) is -9.28. The SMILES string of the molecule is CC1(C)C[C@H](O)[C@]2(C=O)CC[C@]3(C)C(=CC[C@@H]4[C@@]5(C)CC[C@H](O[C@@H]6O[C@H](C(=O)O)[C@@H](O)[C@H](O)[C@H]6O[C@@H]6O[C@H](CO)[C@H](O)[C@H](O)[C@H]6O)[C@](C)(CO)[C@@H]5CC[C@]43C)[C@@H]2C1. The molecule has 324 valence electrons. The lowest BCUT2D eigenvalue weighted by Gasteiger charge is -2.71. The summed E-state index contributed by atoms with van der Waals surface area (Å²) in [6, 6.07) is 0. The number of aliphatic hydroxyl groups is 8. The molecule has 9 N–H and O–H groups in total. The fourth-order valence-corrected chi connectivity index (χ4v) is 13.7. The van der Waals surface area contributed by atoms with Gasteiger partial charge in [-0.05, 0) is 97.2 Å². The number of rotatable bonds is 8. The summed E-state index contributed by atoms with van der Waals surface area (Å²) in [5.41, 5.74) is -1.14. The number of allylic oxidation sites excluding steroid dienone is 2. The molecule has 15 heteroatoms. The number of aldehydes is 1. The van der Waals surface area contributed by atoms with Crippen molar-refractivity contribution in [3.05, 3.63) is 11.6 Å². The first-order valence-electron chi connectivity index (χ1n) is 20.9. The summed E-state index contributed by atoms with van der Waals surface area (Å²) in [7, 11) is 0. The Kier molecular flexibility index (Phi) is 11.3. The van der Waals surface area contributed by atoms with Crippen molar-refractivity contribution in [1.82, 2.24) is 0 Å². The Bertz CT molecular complexity index is 1570. The lowest BCUT2D eigenvalue weighted by atomic mass is 9.33. The Morgan fingerprint density at radius 2 is 1.51 bits per heavy atom. The van der Waals surface area contributed by atoms with Crippen LogP contribution in [0.25, 0.3) is 0 Å². The van der Waals surface area contributed by atoms with Gasteiger partial charge in [0.25, 0.3) is 0 Å². The van der Waals surface area contributed by atoms with Crippen LogP contribution in [-0.4, -0.2) is 145 Å². The Hall–Kier alpha value is -1.60. The van der Waals surface area contributed by atoms with E-state index in [0.717, 1.165) is 38.4 Å². The van der Waals surface area contributed by atoms with Gasteiger partial charge in [0, 0.05) is 5.41 Å². The lowest BCUT2D eigenvalue weighted by molar-refractivity contribution is -0.375. The molecule has 7 aliphatic rings. The van der Waals surface area contributed by atoms with Gasteiger partial charge < -0.3 is 69.7 Å². The van der Waals surface area contributed by atoms with Gasteiger partial charge in [0.05, 0.1) is 30.8 Å². The molecule has 0 amide bonds. The van der Waals surface area contributed by atoms with Gasteiger partial charge in [-0.25, -0.2) is 4.79 Å². The standard InChI is InChI=1S/C42H66O15/c1-37(2)15-21-20-7-8-24-38(3)11-10-26(39(4,18-44)23(38)9-12-41(24,6)40(20,5)13-14-42(21,19-45)25(46)16-37)55-36-33(30(50)29(49)32(56-36)34(52)53)57-35-31(51)28(48)27(47)22(17-43)54-35/h7,19,21-33,35-36,43-44,46-51H,8-18H2,1-6H3,(H,52,53)/t21-,22+,23+,24+,25-,26-,27-,28-,29-,30-,31+,32-,33+,35-,36+,38-,39+,40+,41+,42-/m0/s1. The summed E-state index contributed by atoms with van der Waals surface area (Å²) >= 11 is 0. The Labute approximate surface area is 334 Å². The van der Waals surface area contributed by atoms with E-state index in [-0.39, 0.29) is 46.0 Å². The van der Waals surface area contributed by atoms with Crippen molar-refractivity contribution in [2.45, 2.75) is 173 Å². The summed E-state index contributed by atoms with van der Waals surface area (Å²) in [6.45, 7) is 12.4. The highest BCUT2D eigenvalue weighted by Crippen LogP contribution is 2.75. The Morgan fingerprint density at radius 1 is 0.807 bits per heavy atom. The zero-order chi connectivity index (χ0) is 41.8. The van der Waals surface area contributed by atoms with Crippen molar-refractivity contribution in [3.63, 3.8) is 0 Å². The van der Waals surface area contributed by atoms with Crippen molar-refractivity contribution in [3.8, 4) is 0 Å². The highest BCUT2D eigenvalue weighted by Gasteiger charge is 2.70. The fraction of sp³-hybridized carbons (Fsp3) is 0.905. The number of hydrogen-bond donors (Lipinski definition) is 9. The summed E-state index contributed by atoms with van der Waals surface area (Å²) in [4.78, 5) is 25.1. The van der Waals surface area contributed by atoms with Gasteiger partial charge in [0.2, 0.25) is 0 Å². The van der Waals surface area contributed by atoms with Crippen LogP contribution in [-0.2, 0) is 28.5 Å². The first-order valence-corrected chi connectivity index (χ1v) is 20.9. The molecule has 15 nitrogen and oxygen atoms in total. The molecular formula is C42H66O15. The predicted molar refractivity (Wildman–Crippen MR) is 200 cm³/mol. The quantitative estimate of drug-likeness (QED) is 0.0944. The monoisotopic (exact) mass is 810 g/mol. The minimum Gasteiger partial charge on any atom is -0.479 e. The number of carboxylic acid groups (broad SMARTS) is 1. The highest BCUT2D eigenvalue weighted by molar-refractivity contribution is 5.73. The number of carbonyl (C=O) groups is 2. The number of ether oxygens (including phenoxy) is 4. The molecule has 0 bridgehead atoms. The largest absolute Gasteiger partial charge is 0.479 e. The van der Waals surface area contributed by atoms with Gasteiger partial charge in [-0.2, -0.15) is 0 Å². The van der Waals surface area contributed by atoms with Crippen LogP contribution < -0.4 is 0 Å². The highest BCUT2D eigenvalue weighted by atomic mass is 16.8.